The van der Waals surface area contributed by atoms with Crippen LogP contribution in [0, 0.1) is 5.92 Å². The Hall–Kier alpha value is -1.42. The van der Waals surface area contributed by atoms with Gasteiger partial charge < -0.3 is 10.1 Å². The molecule has 16 heavy (non-hydrogen) atoms. The van der Waals surface area contributed by atoms with Crippen LogP contribution in [0.1, 0.15) is 13.3 Å². The van der Waals surface area contributed by atoms with Crippen LogP contribution in [0.3, 0.4) is 0 Å². The molecule has 0 spiro atoms. The Kier molecular flexibility index (Phi) is 6.18. The molecular weight excluding hydrogens is 204 g/mol. The average molecular weight is 222 g/mol. The van der Waals surface area contributed by atoms with E-state index in [4.69, 9.17) is 4.74 Å². The first kappa shape index (κ1) is 12.6. The number of rotatable bonds is 2. The number of esters is 1. The van der Waals surface area contributed by atoms with Gasteiger partial charge in [0.1, 0.15) is 0 Å². The lowest BCUT2D eigenvalue weighted by Gasteiger charge is -2.05. The Morgan fingerprint density at radius 2 is 2.19 bits per heavy atom. The summed E-state index contributed by atoms with van der Waals surface area (Å²) >= 11 is 0. The van der Waals surface area contributed by atoms with Crippen molar-refractivity contribution in [3.63, 3.8) is 0 Å². The van der Waals surface area contributed by atoms with Crippen molar-refractivity contribution in [2.75, 3.05) is 19.7 Å². The van der Waals surface area contributed by atoms with Crippen LogP contribution in [-0.4, -0.2) is 30.6 Å². The summed E-state index contributed by atoms with van der Waals surface area (Å²) in [6.45, 7) is 4.07. The molecule has 1 saturated heterocycles. The van der Waals surface area contributed by atoms with Crippen LogP contribution < -0.4 is 5.32 Å². The summed E-state index contributed by atoms with van der Waals surface area (Å²) in [5, 5.41) is 3.11. The molecule has 0 radical (unpaired) electrons. The van der Waals surface area contributed by atoms with Gasteiger partial charge in [0.15, 0.2) is 0 Å². The second-order valence-electron chi connectivity index (χ2n) is 3.47. The molecule has 4 heteroatoms. The lowest BCUT2D eigenvalue weighted by Crippen LogP contribution is -2.19. The van der Waals surface area contributed by atoms with Crippen LogP contribution in [0.2, 0.25) is 0 Å². The highest BCUT2D eigenvalue weighted by atomic mass is 16.5. The van der Waals surface area contributed by atoms with Gasteiger partial charge in [-0.2, -0.15) is 0 Å². The number of carbonyl (C=O) groups is 1. The second kappa shape index (κ2) is 7.82. The van der Waals surface area contributed by atoms with Crippen LogP contribution in [0.25, 0.3) is 0 Å². The van der Waals surface area contributed by atoms with Crippen LogP contribution in [0.15, 0.2) is 30.6 Å². The van der Waals surface area contributed by atoms with Gasteiger partial charge in [0, 0.05) is 18.9 Å². The molecule has 0 aliphatic carbocycles. The van der Waals surface area contributed by atoms with E-state index in [1.807, 2.05) is 25.1 Å². The molecule has 1 fully saturated rings. The van der Waals surface area contributed by atoms with E-state index in [2.05, 4.69) is 10.3 Å². The molecule has 1 aromatic rings. The van der Waals surface area contributed by atoms with Crippen LogP contribution >= 0.6 is 0 Å². The van der Waals surface area contributed by atoms with Gasteiger partial charge in [-0.05, 0) is 32.0 Å². The van der Waals surface area contributed by atoms with E-state index in [-0.39, 0.29) is 11.9 Å². The number of pyridine rings is 1. The summed E-state index contributed by atoms with van der Waals surface area (Å²) in [5.74, 6) is 0.0625. The van der Waals surface area contributed by atoms with Gasteiger partial charge in [0.25, 0.3) is 0 Å². The monoisotopic (exact) mass is 222 g/mol. The summed E-state index contributed by atoms with van der Waals surface area (Å²) in [7, 11) is 0. The number of nitrogens with zero attached hydrogens (tertiary/aromatic N) is 1. The molecule has 88 valence electrons. The Bertz CT molecular complexity index is 258. The number of ether oxygens (including phenoxy) is 1. The SMILES string of the molecule is CCOC(=O)[C@H]1CCNC1.c1ccncc1. The minimum atomic E-state index is -0.0486. The third-order valence-electron chi connectivity index (χ3n) is 2.25. The van der Waals surface area contributed by atoms with Crippen molar-refractivity contribution in [1.82, 2.24) is 10.3 Å². The lowest BCUT2D eigenvalue weighted by molar-refractivity contribution is -0.147. The fourth-order valence-corrected chi connectivity index (χ4v) is 1.43. The maximum Gasteiger partial charge on any atom is 0.310 e. The molecule has 0 aromatic carbocycles. The van der Waals surface area contributed by atoms with E-state index in [9.17, 15) is 4.79 Å². The van der Waals surface area contributed by atoms with Gasteiger partial charge in [-0.25, -0.2) is 0 Å². The fraction of sp³-hybridized carbons (Fsp3) is 0.500. The van der Waals surface area contributed by atoms with E-state index < -0.39 is 0 Å². The average Bonchev–Trinajstić information content (AvgIpc) is 2.86. The summed E-state index contributed by atoms with van der Waals surface area (Å²) < 4.78 is 4.85. The van der Waals surface area contributed by atoms with Crippen LogP contribution in [0.4, 0.5) is 0 Å². The molecule has 2 heterocycles. The maximum absolute atomic E-state index is 11.0. The van der Waals surface area contributed by atoms with Gasteiger partial charge in [-0.1, -0.05) is 6.07 Å². The molecule has 1 atom stereocenters. The fourth-order valence-electron chi connectivity index (χ4n) is 1.43. The molecule has 0 saturated carbocycles. The largest absolute Gasteiger partial charge is 0.466 e. The van der Waals surface area contributed by atoms with Gasteiger partial charge in [-0.15, -0.1) is 0 Å². The maximum atomic E-state index is 11.0. The van der Waals surface area contributed by atoms with Crippen molar-refractivity contribution in [3.05, 3.63) is 30.6 Å². The molecule has 0 unspecified atom stereocenters. The summed E-state index contributed by atoms with van der Waals surface area (Å²) in [6.07, 6.45) is 4.43. The Morgan fingerprint density at radius 3 is 2.56 bits per heavy atom. The highest BCUT2D eigenvalue weighted by Gasteiger charge is 2.22. The zero-order chi connectivity index (χ0) is 11.6. The van der Waals surface area contributed by atoms with Crippen LogP contribution in [-0.2, 0) is 9.53 Å². The van der Waals surface area contributed by atoms with Crippen molar-refractivity contribution in [3.8, 4) is 0 Å². The van der Waals surface area contributed by atoms with Gasteiger partial charge in [-0.3, -0.25) is 9.78 Å². The number of nitrogens with one attached hydrogen (secondary N) is 1. The smallest absolute Gasteiger partial charge is 0.310 e. The molecular formula is C12H18N2O2. The third-order valence-corrected chi connectivity index (χ3v) is 2.25. The zero-order valence-corrected chi connectivity index (χ0v) is 9.56. The minimum absolute atomic E-state index is 0.0486. The summed E-state index contributed by atoms with van der Waals surface area (Å²) in [6, 6.07) is 5.72. The molecule has 0 amide bonds. The molecule has 1 aromatic heterocycles. The Balaban J connectivity index is 0.000000181. The predicted octanol–water partition coefficient (Wildman–Crippen LogP) is 1.24. The first-order valence-electron chi connectivity index (χ1n) is 5.57. The van der Waals surface area contributed by atoms with Crippen molar-refractivity contribution >= 4 is 5.97 Å². The van der Waals surface area contributed by atoms with Crippen molar-refractivity contribution in [1.29, 1.82) is 0 Å². The highest BCUT2D eigenvalue weighted by molar-refractivity contribution is 5.73. The van der Waals surface area contributed by atoms with E-state index in [1.165, 1.54) is 0 Å². The van der Waals surface area contributed by atoms with Crippen LogP contribution in [0.5, 0.6) is 0 Å². The normalized spacial score (nSPS) is 18.4. The van der Waals surface area contributed by atoms with E-state index in [1.54, 1.807) is 12.4 Å². The molecule has 1 aliphatic heterocycles. The molecule has 4 nitrogen and oxygen atoms in total. The zero-order valence-electron chi connectivity index (χ0n) is 9.56. The first-order chi connectivity index (χ1) is 7.84. The Morgan fingerprint density at radius 1 is 1.44 bits per heavy atom. The highest BCUT2D eigenvalue weighted by Crippen LogP contribution is 2.08. The number of hydrogen-bond acceptors (Lipinski definition) is 4. The molecule has 1 N–H and O–H groups in total. The molecule has 0 bridgehead atoms. The minimum Gasteiger partial charge on any atom is -0.466 e. The van der Waals surface area contributed by atoms with Gasteiger partial charge in [0.2, 0.25) is 0 Å². The molecule has 1 aliphatic rings. The summed E-state index contributed by atoms with van der Waals surface area (Å²) in [5.41, 5.74) is 0. The standard InChI is InChI=1S/C7H13NO2.C5H5N/c1-2-10-7(9)6-3-4-8-5-6;1-2-4-6-5-3-1/h6,8H,2-5H2,1H3;1-5H/t6-;/m0./s1. The topological polar surface area (TPSA) is 51.2 Å². The quantitative estimate of drug-likeness (QED) is 0.765. The number of aromatic nitrogens is 1. The first-order valence-corrected chi connectivity index (χ1v) is 5.57. The van der Waals surface area contributed by atoms with E-state index >= 15 is 0 Å². The lowest BCUT2D eigenvalue weighted by atomic mass is 10.1. The van der Waals surface area contributed by atoms with Crippen molar-refractivity contribution < 1.29 is 9.53 Å². The summed E-state index contributed by atoms with van der Waals surface area (Å²) in [4.78, 5) is 14.8. The molecule has 2 rings (SSSR count). The predicted molar refractivity (Wildman–Crippen MR) is 61.8 cm³/mol. The van der Waals surface area contributed by atoms with E-state index in [0.717, 1.165) is 19.5 Å². The van der Waals surface area contributed by atoms with Gasteiger partial charge >= 0.3 is 5.97 Å². The van der Waals surface area contributed by atoms with Crippen molar-refractivity contribution in [2.24, 2.45) is 5.92 Å². The second-order valence-corrected chi connectivity index (χ2v) is 3.47. The number of carbonyl (C=O) groups excluding carboxylic acids is 1. The van der Waals surface area contributed by atoms with Gasteiger partial charge in [0.05, 0.1) is 12.5 Å². The third kappa shape index (κ3) is 4.89. The van der Waals surface area contributed by atoms with Crippen molar-refractivity contribution in [2.45, 2.75) is 13.3 Å². The number of hydrogen-bond donors (Lipinski definition) is 1. The Labute approximate surface area is 96.0 Å². The van der Waals surface area contributed by atoms with E-state index in [0.29, 0.717) is 6.61 Å².